The predicted octanol–water partition coefficient (Wildman–Crippen LogP) is 4.19. The highest BCUT2D eigenvalue weighted by molar-refractivity contribution is 7.10. The van der Waals surface area contributed by atoms with Crippen molar-refractivity contribution in [1.82, 2.24) is 9.88 Å². The Morgan fingerprint density at radius 2 is 1.71 bits per heavy atom. The summed E-state index contributed by atoms with van der Waals surface area (Å²) in [4.78, 5) is 21.3. The number of rotatable bonds is 7. The van der Waals surface area contributed by atoms with E-state index in [-0.39, 0.29) is 5.97 Å². The van der Waals surface area contributed by atoms with Crippen LogP contribution in [0.25, 0.3) is 0 Å². The Morgan fingerprint density at radius 3 is 2.25 bits per heavy atom. The van der Waals surface area contributed by atoms with Crippen molar-refractivity contribution in [3.05, 3.63) is 74.4 Å². The van der Waals surface area contributed by atoms with Crippen LogP contribution in [0.3, 0.4) is 0 Å². The Bertz CT molecular complexity index is 734. The van der Waals surface area contributed by atoms with Crippen LogP contribution in [0.5, 0.6) is 0 Å². The molecule has 3 aromatic heterocycles. The fourth-order valence-corrected chi connectivity index (χ4v) is 3.98. The van der Waals surface area contributed by atoms with Crippen molar-refractivity contribution >= 4 is 28.6 Å². The molecule has 0 unspecified atom stereocenters. The van der Waals surface area contributed by atoms with Gasteiger partial charge >= 0.3 is 5.97 Å². The molecule has 0 N–H and O–H groups in total. The molecule has 0 radical (unpaired) electrons. The summed E-state index contributed by atoms with van der Waals surface area (Å²) in [6, 6.07) is 11.9. The smallest absolute Gasteiger partial charge is 0.339 e. The molecular formula is C18H18N2O2S2. The maximum Gasteiger partial charge on any atom is 0.339 e. The summed E-state index contributed by atoms with van der Waals surface area (Å²) in [5.41, 5.74) is 1.28. The second-order valence-electron chi connectivity index (χ2n) is 5.29. The topological polar surface area (TPSA) is 42.4 Å². The van der Waals surface area contributed by atoms with Gasteiger partial charge < -0.3 is 4.74 Å². The van der Waals surface area contributed by atoms with E-state index in [4.69, 9.17) is 4.74 Å². The molecule has 0 aliphatic rings. The monoisotopic (exact) mass is 358 g/mol. The number of methoxy groups -OCH3 is 1. The van der Waals surface area contributed by atoms with Gasteiger partial charge in [0.05, 0.1) is 18.4 Å². The fraction of sp³-hybridized carbons (Fsp3) is 0.222. The average Bonchev–Trinajstić information content (AvgIpc) is 3.28. The molecule has 0 amide bonds. The Kier molecular flexibility index (Phi) is 5.74. The third kappa shape index (κ3) is 4.29. The van der Waals surface area contributed by atoms with E-state index in [0.29, 0.717) is 12.1 Å². The van der Waals surface area contributed by atoms with E-state index >= 15 is 0 Å². The number of nitrogens with zero attached hydrogens (tertiary/aromatic N) is 2. The molecule has 3 aromatic rings. The van der Waals surface area contributed by atoms with Gasteiger partial charge in [-0.3, -0.25) is 9.88 Å². The first-order valence-electron chi connectivity index (χ1n) is 7.55. The third-order valence-corrected chi connectivity index (χ3v) is 5.31. The van der Waals surface area contributed by atoms with Crippen LogP contribution in [0.15, 0.2) is 53.4 Å². The van der Waals surface area contributed by atoms with E-state index in [2.05, 4.69) is 44.9 Å². The summed E-state index contributed by atoms with van der Waals surface area (Å²) in [7, 11) is 1.40. The second kappa shape index (κ2) is 8.19. The quantitative estimate of drug-likeness (QED) is 0.594. The lowest BCUT2D eigenvalue weighted by Crippen LogP contribution is -2.23. The molecule has 0 aliphatic carbocycles. The number of pyridine rings is 1. The summed E-state index contributed by atoms with van der Waals surface area (Å²) >= 11 is 3.48. The van der Waals surface area contributed by atoms with E-state index in [9.17, 15) is 4.79 Å². The van der Waals surface area contributed by atoms with Crippen LogP contribution in [0.1, 0.15) is 25.8 Å². The third-order valence-electron chi connectivity index (χ3n) is 3.59. The lowest BCUT2D eigenvalue weighted by Gasteiger charge is -2.21. The van der Waals surface area contributed by atoms with Crippen LogP contribution in [0, 0.1) is 0 Å². The summed E-state index contributed by atoms with van der Waals surface area (Å²) in [6.07, 6.45) is 1.72. The van der Waals surface area contributed by atoms with Crippen LogP contribution in [0.2, 0.25) is 0 Å². The number of carbonyl (C=O) groups excluding carboxylic acids is 1. The van der Waals surface area contributed by atoms with Crippen molar-refractivity contribution < 1.29 is 9.53 Å². The Balaban J connectivity index is 1.82. The zero-order valence-electron chi connectivity index (χ0n) is 13.3. The number of esters is 1. The minimum atomic E-state index is -0.342. The lowest BCUT2D eigenvalue weighted by molar-refractivity contribution is 0.0597. The molecule has 0 saturated carbocycles. The number of thiophene rings is 2. The van der Waals surface area contributed by atoms with Crippen LogP contribution in [-0.2, 0) is 24.4 Å². The van der Waals surface area contributed by atoms with E-state index in [1.807, 2.05) is 0 Å². The number of hydrogen-bond donors (Lipinski definition) is 0. The number of hydrogen-bond acceptors (Lipinski definition) is 6. The van der Waals surface area contributed by atoms with Gasteiger partial charge in [0.25, 0.3) is 0 Å². The Hall–Kier alpha value is -2.02. The number of carbonyl (C=O) groups is 1. The van der Waals surface area contributed by atoms with Crippen molar-refractivity contribution in [2.45, 2.75) is 19.6 Å². The Morgan fingerprint density at radius 1 is 1.04 bits per heavy atom. The second-order valence-corrected chi connectivity index (χ2v) is 7.36. The largest absolute Gasteiger partial charge is 0.465 e. The first-order valence-corrected chi connectivity index (χ1v) is 9.31. The van der Waals surface area contributed by atoms with Crippen molar-refractivity contribution in [2.75, 3.05) is 7.11 Å². The molecule has 6 heteroatoms. The highest BCUT2D eigenvalue weighted by atomic mass is 32.1. The SMILES string of the molecule is COC(=O)c1cccnc1CN(Cc1cccs1)Cc1cccs1. The lowest BCUT2D eigenvalue weighted by atomic mass is 10.2. The maximum atomic E-state index is 12.0. The minimum Gasteiger partial charge on any atom is -0.465 e. The van der Waals surface area contributed by atoms with E-state index in [1.165, 1.54) is 16.9 Å². The van der Waals surface area contributed by atoms with Crippen LogP contribution in [0.4, 0.5) is 0 Å². The number of aromatic nitrogens is 1. The summed E-state index contributed by atoms with van der Waals surface area (Å²) < 4.78 is 4.88. The molecule has 0 bridgehead atoms. The standard InChI is InChI=1S/C18H18N2O2S2/c1-22-18(21)16-7-2-8-19-17(16)13-20(11-14-5-3-9-23-14)12-15-6-4-10-24-15/h2-10H,11-13H2,1H3. The van der Waals surface area contributed by atoms with Crippen LogP contribution >= 0.6 is 22.7 Å². The van der Waals surface area contributed by atoms with E-state index < -0.39 is 0 Å². The summed E-state index contributed by atoms with van der Waals surface area (Å²) in [6.45, 7) is 2.25. The zero-order chi connectivity index (χ0) is 16.8. The Labute approximate surface area is 149 Å². The van der Waals surface area contributed by atoms with Gasteiger partial charge in [-0.25, -0.2) is 4.79 Å². The molecule has 124 valence electrons. The molecule has 3 heterocycles. The molecule has 4 nitrogen and oxygen atoms in total. The zero-order valence-corrected chi connectivity index (χ0v) is 15.0. The predicted molar refractivity (Wildman–Crippen MR) is 97.2 cm³/mol. The first-order chi connectivity index (χ1) is 11.8. The average molecular weight is 358 g/mol. The highest BCUT2D eigenvalue weighted by Gasteiger charge is 2.17. The van der Waals surface area contributed by atoms with Gasteiger partial charge in [0.2, 0.25) is 0 Å². The van der Waals surface area contributed by atoms with Crippen molar-refractivity contribution in [2.24, 2.45) is 0 Å². The van der Waals surface area contributed by atoms with Gasteiger partial charge in [-0.1, -0.05) is 12.1 Å². The highest BCUT2D eigenvalue weighted by Crippen LogP contribution is 2.20. The fourth-order valence-electron chi connectivity index (χ4n) is 2.49. The van der Waals surface area contributed by atoms with Crippen LogP contribution in [-0.4, -0.2) is 23.0 Å². The molecule has 0 spiro atoms. The molecule has 3 rings (SSSR count). The summed E-state index contributed by atoms with van der Waals surface area (Å²) in [5, 5.41) is 4.17. The molecule has 24 heavy (non-hydrogen) atoms. The van der Waals surface area contributed by atoms with Gasteiger partial charge in [-0.2, -0.15) is 0 Å². The van der Waals surface area contributed by atoms with Gasteiger partial charge in [-0.05, 0) is 35.0 Å². The first kappa shape index (κ1) is 16.8. The van der Waals surface area contributed by atoms with Gasteiger partial charge in [-0.15, -0.1) is 22.7 Å². The van der Waals surface area contributed by atoms with Crippen molar-refractivity contribution in [1.29, 1.82) is 0 Å². The molecule has 0 atom stereocenters. The van der Waals surface area contributed by atoms with Crippen LogP contribution < -0.4 is 0 Å². The molecule has 0 fully saturated rings. The van der Waals surface area contributed by atoms with Crippen molar-refractivity contribution in [3.8, 4) is 0 Å². The maximum absolute atomic E-state index is 12.0. The number of ether oxygens (including phenoxy) is 1. The molecule has 0 aromatic carbocycles. The van der Waals surface area contributed by atoms with Gasteiger partial charge in [0, 0.05) is 35.6 Å². The molecule has 0 saturated heterocycles. The van der Waals surface area contributed by atoms with Gasteiger partial charge in [0.15, 0.2) is 0 Å². The normalized spacial score (nSPS) is 10.9. The summed E-state index contributed by atoms with van der Waals surface area (Å²) in [5.74, 6) is -0.342. The van der Waals surface area contributed by atoms with Crippen molar-refractivity contribution in [3.63, 3.8) is 0 Å². The molecule has 0 aliphatic heterocycles. The van der Waals surface area contributed by atoms with E-state index in [0.717, 1.165) is 18.8 Å². The molecular weight excluding hydrogens is 340 g/mol. The minimum absolute atomic E-state index is 0.342. The van der Waals surface area contributed by atoms with E-state index in [1.54, 1.807) is 41.0 Å². The van der Waals surface area contributed by atoms with Gasteiger partial charge in [0.1, 0.15) is 0 Å².